The Morgan fingerprint density at radius 1 is 1.06 bits per heavy atom. The molecule has 0 atom stereocenters. The molecule has 0 aliphatic heterocycles. The predicted molar refractivity (Wildman–Crippen MR) is 123 cm³/mol. The monoisotopic (exact) mass is 425 g/mol. The molecule has 0 heterocycles. The van der Waals surface area contributed by atoms with Crippen molar-refractivity contribution >= 4 is 23.7 Å². The van der Waals surface area contributed by atoms with E-state index < -0.39 is 0 Å². The third-order valence-electron chi connectivity index (χ3n) is 4.85. The zero-order valence-corrected chi connectivity index (χ0v) is 18.7. The molecule has 0 aliphatic carbocycles. The lowest BCUT2D eigenvalue weighted by Gasteiger charge is -2.12. The van der Waals surface area contributed by atoms with E-state index in [-0.39, 0.29) is 11.8 Å². The number of nitrogens with one attached hydrogen (secondary N) is 2. The van der Waals surface area contributed by atoms with Crippen LogP contribution in [-0.2, 0) is 4.79 Å². The zero-order valence-electron chi connectivity index (χ0n) is 18.7. The molecule has 0 saturated heterocycles. The fourth-order valence-corrected chi connectivity index (χ4v) is 3.19. The second-order valence-electron chi connectivity index (χ2n) is 7.15. The summed E-state index contributed by atoms with van der Waals surface area (Å²) in [4.78, 5) is 24.5. The summed E-state index contributed by atoms with van der Waals surface area (Å²) in [5.74, 6) is 0.913. The number of methoxy groups -OCH3 is 2. The molecule has 0 aliphatic rings. The normalized spacial score (nSPS) is 10.7. The Hall–Kier alpha value is -3.35. The molecule has 166 valence electrons. The number of hydrogen-bond donors (Lipinski definition) is 2. The number of carbonyl (C=O) groups excluding carboxylic acids is 2. The second-order valence-corrected chi connectivity index (χ2v) is 7.15. The summed E-state index contributed by atoms with van der Waals surface area (Å²) < 4.78 is 10.7. The highest BCUT2D eigenvalue weighted by atomic mass is 16.5. The van der Waals surface area contributed by atoms with Crippen LogP contribution in [0.4, 0.5) is 5.69 Å². The third kappa shape index (κ3) is 7.13. The Bertz CT molecular complexity index is 925. The third-order valence-corrected chi connectivity index (χ3v) is 4.85. The van der Waals surface area contributed by atoms with Gasteiger partial charge in [0, 0.05) is 28.8 Å². The first-order valence-corrected chi connectivity index (χ1v) is 10.4. The van der Waals surface area contributed by atoms with Gasteiger partial charge in [0.25, 0.3) is 5.91 Å². The molecule has 0 unspecified atom stereocenters. The minimum absolute atomic E-state index is 0.0475. The Labute approximate surface area is 183 Å². The van der Waals surface area contributed by atoms with Gasteiger partial charge in [0.05, 0.1) is 20.4 Å². The van der Waals surface area contributed by atoms with Crippen LogP contribution in [0.15, 0.2) is 41.5 Å². The molecular formula is C24H31N3O4. The SMILES string of the molecule is CCCCCCC(=O)Nc1cccc(C(=O)N/N=C/c2ccc(OC)c(C)c2OC)c1. The Kier molecular flexibility index (Phi) is 9.55. The predicted octanol–water partition coefficient (Wildman–Crippen LogP) is 4.69. The number of carbonyl (C=O) groups is 2. The number of rotatable bonds is 11. The van der Waals surface area contributed by atoms with E-state index in [0.29, 0.717) is 34.7 Å². The lowest BCUT2D eigenvalue weighted by atomic mass is 10.1. The molecule has 0 spiro atoms. The number of nitrogens with zero attached hydrogens (tertiary/aromatic N) is 1. The van der Waals surface area contributed by atoms with Crippen molar-refractivity contribution in [3.05, 3.63) is 53.1 Å². The van der Waals surface area contributed by atoms with Crippen LogP contribution in [0.25, 0.3) is 0 Å². The Balaban J connectivity index is 1.98. The molecule has 2 amide bonds. The minimum Gasteiger partial charge on any atom is -0.496 e. The number of amides is 2. The smallest absolute Gasteiger partial charge is 0.271 e. The van der Waals surface area contributed by atoms with Gasteiger partial charge < -0.3 is 14.8 Å². The number of hydrogen-bond acceptors (Lipinski definition) is 5. The maximum atomic E-state index is 12.4. The van der Waals surface area contributed by atoms with Crippen LogP contribution in [0, 0.1) is 6.92 Å². The van der Waals surface area contributed by atoms with Crippen molar-refractivity contribution in [3.63, 3.8) is 0 Å². The van der Waals surface area contributed by atoms with Crippen molar-refractivity contribution in [1.82, 2.24) is 5.43 Å². The zero-order chi connectivity index (χ0) is 22.6. The second kappa shape index (κ2) is 12.4. The molecule has 31 heavy (non-hydrogen) atoms. The summed E-state index contributed by atoms with van der Waals surface area (Å²) in [5, 5.41) is 6.88. The molecule has 0 radical (unpaired) electrons. The van der Waals surface area contributed by atoms with Crippen LogP contribution in [0.1, 0.15) is 60.5 Å². The standard InChI is InChI=1S/C24H31N3O4/c1-5-6-7-8-12-22(28)26-20-11-9-10-18(15-20)24(29)27-25-16-19-13-14-21(30-3)17(2)23(19)31-4/h9-11,13-16H,5-8,12H2,1-4H3,(H,26,28)(H,27,29)/b25-16+. The van der Waals surface area contributed by atoms with Gasteiger partial charge in [-0.05, 0) is 43.7 Å². The van der Waals surface area contributed by atoms with Gasteiger partial charge in [-0.15, -0.1) is 0 Å². The first-order chi connectivity index (χ1) is 15.0. The van der Waals surface area contributed by atoms with E-state index in [0.717, 1.165) is 31.2 Å². The van der Waals surface area contributed by atoms with Crippen LogP contribution in [0.5, 0.6) is 11.5 Å². The van der Waals surface area contributed by atoms with Crippen molar-refractivity contribution in [1.29, 1.82) is 0 Å². The lowest BCUT2D eigenvalue weighted by Crippen LogP contribution is -2.18. The maximum Gasteiger partial charge on any atom is 0.271 e. The molecule has 2 N–H and O–H groups in total. The summed E-state index contributed by atoms with van der Waals surface area (Å²) >= 11 is 0. The summed E-state index contributed by atoms with van der Waals surface area (Å²) in [6.45, 7) is 4.02. The molecule has 7 nitrogen and oxygen atoms in total. The molecule has 0 fully saturated rings. The summed E-state index contributed by atoms with van der Waals surface area (Å²) in [6, 6.07) is 10.4. The average molecular weight is 426 g/mol. The Morgan fingerprint density at radius 3 is 2.58 bits per heavy atom. The fraction of sp³-hybridized carbons (Fsp3) is 0.375. The van der Waals surface area contributed by atoms with Crippen LogP contribution in [0.3, 0.4) is 0 Å². The molecule has 2 aromatic carbocycles. The average Bonchev–Trinajstić information content (AvgIpc) is 2.77. The van der Waals surface area contributed by atoms with E-state index in [2.05, 4.69) is 22.8 Å². The first kappa shape index (κ1) is 23.9. The summed E-state index contributed by atoms with van der Waals surface area (Å²) in [6.07, 6.45) is 6.16. The summed E-state index contributed by atoms with van der Waals surface area (Å²) in [5.41, 5.74) is 5.05. The van der Waals surface area contributed by atoms with Gasteiger partial charge in [0.1, 0.15) is 11.5 Å². The van der Waals surface area contributed by atoms with Crippen molar-refractivity contribution < 1.29 is 19.1 Å². The maximum absolute atomic E-state index is 12.4. The van der Waals surface area contributed by atoms with Gasteiger partial charge in [0.2, 0.25) is 5.91 Å². The van der Waals surface area contributed by atoms with E-state index in [1.54, 1.807) is 44.6 Å². The molecule has 7 heteroatoms. The largest absolute Gasteiger partial charge is 0.496 e. The molecule has 2 aromatic rings. The van der Waals surface area contributed by atoms with Gasteiger partial charge >= 0.3 is 0 Å². The fourth-order valence-electron chi connectivity index (χ4n) is 3.19. The highest BCUT2D eigenvalue weighted by Gasteiger charge is 2.11. The highest BCUT2D eigenvalue weighted by molar-refractivity contribution is 5.97. The van der Waals surface area contributed by atoms with Crippen LogP contribution >= 0.6 is 0 Å². The number of anilines is 1. The highest BCUT2D eigenvalue weighted by Crippen LogP contribution is 2.30. The van der Waals surface area contributed by atoms with Crippen LogP contribution < -0.4 is 20.2 Å². The molecule has 2 rings (SSSR count). The van der Waals surface area contributed by atoms with Crippen molar-refractivity contribution in [3.8, 4) is 11.5 Å². The van der Waals surface area contributed by atoms with Crippen molar-refractivity contribution in [2.45, 2.75) is 46.0 Å². The van der Waals surface area contributed by atoms with E-state index in [1.165, 1.54) is 6.21 Å². The van der Waals surface area contributed by atoms with Gasteiger partial charge in [0.15, 0.2) is 0 Å². The number of benzene rings is 2. The Morgan fingerprint density at radius 2 is 1.87 bits per heavy atom. The molecule has 0 aromatic heterocycles. The first-order valence-electron chi connectivity index (χ1n) is 10.4. The van der Waals surface area contributed by atoms with E-state index >= 15 is 0 Å². The van der Waals surface area contributed by atoms with Crippen molar-refractivity contribution in [2.75, 3.05) is 19.5 Å². The molecule has 0 saturated carbocycles. The number of unbranched alkanes of at least 4 members (excludes halogenated alkanes) is 3. The quantitative estimate of drug-likeness (QED) is 0.311. The van der Waals surface area contributed by atoms with E-state index in [9.17, 15) is 9.59 Å². The van der Waals surface area contributed by atoms with Crippen LogP contribution in [0.2, 0.25) is 0 Å². The molecule has 0 bridgehead atoms. The topological polar surface area (TPSA) is 89.0 Å². The number of ether oxygens (including phenoxy) is 2. The lowest BCUT2D eigenvalue weighted by molar-refractivity contribution is -0.116. The van der Waals surface area contributed by atoms with E-state index in [1.807, 2.05) is 13.0 Å². The molecular weight excluding hydrogens is 394 g/mol. The van der Waals surface area contributed by atoms with Gasteiger partial charge in [-0.25, -0.2) is 5.43 Å². The van der Waals surface area contributed by atoms with Gasteiger partial charge in [-0.2, -0.15) is 5.10 Å². The summed E-state index contributed by atoms with van der Waals surface area (Å²) in [7, 11) is 3.17. The van der Waals surface area contributed by atoms with E-state index in [4.69, 9.17) is 9.47 Å². The van der Waals surface area contributed by atoms with Gasteiger partial charge in [-0.1, -0.05) is 32.3 Å². The van der Waals surface area contributed by atoms with Gasteiger partial charge in [-0.3, -0.25) is 9.59 Å². The van der Waals surface area contributed by atoms with Crippen LogP contribution in [-0.4, -0.2) is 32.2 Å². The van der Waals surface area contributed by atoms with Crippen molar-refractivity contribution in [2.24, 2.45) is 5.10 Å². The number of hydrazone groups is 1. The minimum atomic E-state index is -0.375.